The van der Waals surface area contributed by atoms with Gasteiger partial charge in [-0.3, -0.25) is 4.72 Å². The third-order valence-corrected chi connectivity index (χ3v) is 4.15. The molecule has 6 heteroatoms. The Morgan fingerprint density at radius 3 is 2.65 bits per heavy atom. The predicted octanol–water partition coefficient (Wildman–Crippen LogP) is 3.38. The van der Waals surface area contributed by atoms with Crippen molar-refractivity contribution < 1.29 is 12.8 Å². The molecule has 0 fully saturated rings. The Kier molecular flexibility index (Phi) is 4.94. The third kappa shape index (κ3) is 5.04. The quantitative estimate of drug-likeness (QED) is 0.902. The fourth-order valence-corrected chi connectivity index (χ4v) is 3.05. The fourth-order valence-electron chi connectivity index (χ4n) is 1.19. The highest BCUT2D eigenvalue weighted by molar-refractivity contribution is 9.10. The van der Waals surface area contributed by atoms with E-state index in [0.29, 0.717) is 16.8 Å². The average Bonchev–Trinajstić information content (AvgIpc) is 2.20. The van der Waals surface area contributed by atoms with Gasteiger partial charge in [0, 0.05) is 4.47 Å². The van der Waals surface area contributed by atoms with E-state index >= 15 is 0 Å². The number of nitrogens with one attached hydrogen (secondary N) is 1. The molecule has 0 amide bonds. The van der Waals surface area contributed by atoms with Crippen LogP contribution < -0.4 is 4.72 Å². The van der Waals surface area contributed by atoms with Crippen LogP contribution >= 0.6 is 15.9 Å². The van der Waals surface area contributed by atoms with Gasteiger partial charge in [0.1, 0.15) is 5.82 Å². The maximum atomic E-state index is 13.0. The lowest BCUT2D eigenvalue weighted by atomic mass is 10.2. The van der Waals surface area contributed by atoms with Crippen LogP contribution in [0.5, 0.6) is 0 Å². The largest absolute Gasteiger partial charge is 0.282 e. The standard InChI is InChI=1S/C11H15BrFNO2S/c1-8(2)5-6-17(15,16)14-11-7-9(13)3-4-10(11)12/h3-4,7-8,14H,5-6H2,1-2H3. The lowest BCUT2D eigenvalue weighted by Crippen LogP contribution is -2.18. The van der Waals surface area contributed by atoms with Crippen molar-refractivity contribution in [3.05, 3.63) is 28.5 Å². The second-order valence-corrected chi connectivity index (χ2v) is 6.92. The number of halogens is 2. The normalized spacial score (nSPS) is 11.8. The summed E-state index contributed by atoms with van der Waals surface area (Å²) in [4.78, 5) is 0. The van der Waals surface area contributed by atoms with Gasteiger partial charge in [0.25, 0.3) is 0 Å². The molecule has 0 saturated heterocycles. The highest BCUT2D eigenvalue weighted by Crippen LogP contribution is 2.24. The van der Waals surface area contributed by atoms with Crippen LogP contribution in [0.3, 0.4) is 0 Å². The van der Waals surface area contributed by atoms with Crippen LogP contribution in [0.2, 0.25) is 0 Å². The lowest BCUT2D eigenvalue weighted by Gasteiger charge is -2.10. The minimum atomic E-state index is -3.42. The lowest BCUT2D eigenvalue weighted by molar-refractivity contribution is 0.578. The molecule has 1 rings (SSSR count). The Hall–Kier alpha value is -0.620. The molecule has 0 aliphatic rings. The zero-order valence-corrected chi connectivity index (χ0v) is 12.1. The van der Waals surface area contributed by atoms with Gasteiger partial charge in [0.05, 0.1) is 11.4 Å². The van der Waals surface area contributed by atoms with Crippen molar-refractivity contribution in [3.8, 4) is 0 Å². The van der Waals surface area contributed by atoms with E-state index in [9.17, 15) is 12.8 Å². The van der Waals surface area contributed by atoms with Crippen LogP contribution in [0.15, 0.2) is 22.7 Å². The zero-order chi connectivity index (χ0) is 13.1. The fraction of sp³-hybridized carbons (Fsp3) is 0.455. The molecule has 96 valence electrons. The van der Waals surface area contributed by atoms with Gasteiger partial charge in [-0.05, 0) is 46.5 Å². The van der Waals surface area contributed by atoms with Crippen molar-refractivity contribution in [2.24, 2.45) is 5.92 Å². The highest BCUT2D eigenvalue weighted by Gasteiger charge is 2.13. The Bertz CT molecular complexity index is 488. The van der Waals surface area contributed by atoms with E-state index in [1.165, 1.54) is 12.1 Å². The summed E-state index contributed by atoms with van der Waals surface area (Å²) in [7, 11) is -3.42. The molecule has 0 heterocycles. The Balaban J connectivity index is 2.79. The van der Waals surface area contributed by atoms with E-state index in [-0.39, 0.29) is 11.4 Å². The summed E-state index contributed by atoms with van der Waals surface area (Å²) < 4.78 is 39.3. The van der Waals surface area contributed by atoms with Gasteiger partial charge >= 0.3 is 0 Å². The van der Waals surface area contributed by atoms with Crippen molar-refractivity contribution in [3.63, 3.8) is 0 Å². The number of benzene rings is 1. The molecule has 0 aliphatic heterocycles. The zero-order valence-electron chi connectivity index (χ0n) is 9.70. The van der Waals surface area contributed by atoms with Gasteiger partial charge < -0.3 is 0 Å². The third-order valence-electron chi connectivity index (χ3n) is 2.16. The summed E-state index contributed by atoms with van der Waals surface area (Å²) in [5.41, 5.74) is 0.230. The van der Waals surface area contributed by atoms with Crippen molar-refractivity contribution in [2.75, 3.05) is 10.5 Å². The van der Waals surface area contributed by atoms with Gasteiger partial charge in [-0.15, -0.1) is 0 Å². The summed E-state index contributed by atoms with van der Waals surface area (Å²) in [6.07, 6.45) is 0.572. The van der Waals surface area contributed by atoms with Crippen molar-refractivity contribution in [2.45, 2.75) is 20.3 Å². The van der Waals surface area contributed by atoms with Crippen molar-refractivity contribution in [1.82, 2.24) is 0 Å². The number of hydrogen-bond donors (Lipinski definition) is 1. The van der Waals surface area contributed by atoms with E-state index in [0.717, 1.165) is 6.07 Å². The van der Waals surface area contributed by atoms with Crippen LogP contribution in [-0.2, 0) is 10.0 Å². The maximum Gasteiger partial charge on any atom is 0.232 e. The molecule has 0 radical (unpaired) electrons. The molecular weight excluding hydrogens is 309 g/mol. The molecule has 1 aromatic carbocycles. The van der Waals surface area contributed by atoms with Gasteiger partial charge in [-0.25, -0.2) is 12.8 Å². The first kappa shape index (κ1) is 14.4. The Morgan fingerprint density at radius 2 is 2.06 bits per heavy atom. The summed E-state index contributed by atoms with van der Waals surface area (Å²) in [5.74, 6) is -0.134. The van der Waals surface area contributed by atoms with E-state index < -0.39 is 15.8 Å². The van der Waals surface area contributed by atoms with Crippen LogP contribution in [0, 0.1) is 11.7 Å². The molecular formula is C11H15BrFNO2S. The smallest absolute Gasteiger partial charge is 0.232 e. The van der Waals surface area contributed by atoms with Gasteiger partial charge in [0.15, 0.2) is 0 Å². The molecule has 0 spiro atoms. The first-order valence-electron chi connectivity index (χ1n) is 5.26. The highest BCUT2D eigenvalue weighted by atomic mass is 79.9. The number of hydrogen-bond acceptors (Lipinski definition) is 2. The molecule has 1 N–H and O–H groups in total. The summed E-state index contributed by atoms with van der Waals surface area (Å²) in [6, 6.07) is 3.88. The average molecular weight is 324 g/mol. The Morgan fingerprint density at radius 1 is 1.41 bits per heavy atom. The molecule has 0 unspecified atom stereocenters. The monoisotopic (exact) mass is 323 g/mol. The number of anilines is 1. The molecule has 17 heavy (non-hydrogen) atoms. The molecule has 0 aromatic heterocycles. The molecule has 0 saturated carbocycles. The predicted molar refractivity (Wildman–Crippen MR) is 71.0 cm³/mol. The van der Waals surface area contributed by atoms with Crippen LogP contribution in [-0.4, -0.2) is 14.2 Å². The SMILES string of the molecule is CC(C)CCS(=O)(=O)Nc1cc(F)ccc1Br. The summed E-state index contributed by atoms with van der Waals surface area (Å²) in [5, 5.41) is 0. The van der Waals surface area contributed by atoms with Crippen LogP contribution in [0.25, 0.3) is 0 Å². The second-order valence-electron chi connectivity index (χ2n) is 4.23. The van der Waals surface area contributed by atoms with E-state index in [4.69, 9.17) is 0 Å². The van der Waals surface area contributed by atoms with Gasteiger partial charge in [0.2, 0.25) is 10.0 Å². The van der Waals surface area contributed by atoms with Crippen LogP contribution in [0.4, 0.5) is 10.1 Å². The van der Waals surface area contributed by atoms with E-state index in [1.807, 2.05) is 13.8 Å². The Labute approximate surface area is 110 Å². The molecule has 0 bridgehead atoms. The van der Waals surface area contributed by atoms with Crippen molar-refractivity contribution in [1.29, 1.82) is 0 Å². The minimum absolute atomic E-state index is 0.0353. The second kappa shape index (κ2) is 5.82. The number of rotatable bonds is 5. The first-order chi connectivity index (χ1) is 7.80. The molecule has 0 aliphatic carbocycles. The van der Waals surface area contributed by atoms with Crippen molar-refractivity contribution >= 4 is 31.6 Å². The van der Waals surface area contributed by atoms with E-state index in [2.05, 4.69) is 20.7 Å². The summed E-state index contributed by atoms with van der Waals surface area (Å²) >= 11 is 3.17. The minimum Gasteiger partial charge on any atom is -0.282 e. The summed E-state index contributed by atoms with van der Waals surface area (Å²) in [6.45, 7) is 3.90. The number of sulfonamides is 1. The van der Waals surface area contributed by atoms with Gasteiger partial charge in [-0.2, -0.15) is 0 Å². The molecule has 1 aromatic rings. The molecule has 3 nitrogen and oxygen atoms in total. The topological polar surface area (TPSA) is 46.2 Å². The maximum absolute atomic E-state index is 13.0. The van der Waals surface area contributed by atoms with Gasteiger partial charge in [-0.1, -0.05) is 13.8 Å². The first-order valence-corrected chi connectivity index (χ1v) is 7.70. The van der Waals surface area contributed by atoms with Crippen LogP contribution in [0.1, 0.15) is 20.3 Å². The molecule has 0 atom stereocenters. The van der Waals surface area contributed by atoms with E-state index in [1.54, 1.807) is 0 Å².